The molecule has 0 atom stereocenters. The number of pyridine rings is 1. The summed E-state index contributed by atoms with van der Waals surface area (Å²) >= 11 is 5.66. The van der Waals surface area contributed by atoms with Gasteiger partial charge < -0.3 is 24.2 Å². The van der Waals surface area contributed by atoms with Crippen molar-refractivity contribution in [1.29, 1.82) is 0 Å². The molecule has 1 fully saturated rings. The molecule has 9 nitrogen and oxygen atoms in total. The number of aromatic nitrogens is 4. The van der Waals surface area contributed by atoms with Crippen molar-refractivity contribution >= 4 is 28.5 Å². The first kappa shape index (κ1) is 23.1. The van der Waals surface area contributed by atoms with E-state index < -0.39 is 11.4 Å². The molecule has 11 heteroatoms. The van der Waals surface area contributed by atoms with Crippen molar-refractivity contribution in [2.45, 2.75) is 44.2 Å². The van der Waals surface area contributed by atoms with Gasteiger partial charge in [0.25, 0.3) is 11.8 Å². The molecular formula is C24H23ClFN5O4. The first-order chi connectivity index (χ1) is 16.7. The van der Waals surface area contributed by atoms with Gasteiger partial charge in [0, 0.05) is 23.9 Å². The van der Waals surface area contributed by atoms with Crippen molar-refractivity contribution in [3.63, 3.8) is 0 Å². The number of nitrogens with zero attached hydrogens (tertiary/aromatic N) is 3. The van der Waals surface area contributed by atoms with Gasteiger partial charge in [0.1, 0.15) is 17.3 Å². The number of carbonyl (C=O) groups excluding carboxylic acids is 1. The van der Waals surface area contributed by atoms with Crippen LogP contribution >= 0.6 is 11.6 Å². The number of benzene rings is 1. The van der Waals surface area contributed by atoms with Crippen molar-refractivity contribution in [2.24, 2.45) is 0 Å². The van der Waals surface area contributed by atoms with Crippen LogP contribution in [0.25, 0.3) is 11.0 Å². The van der Waals surface area contributed by atoms with E-state index in [1.165, 1.54) is 12.1 Å². The smallest absolute Gasteiger partial charge is 0.258 e. The standard InChI is InChI=1S/C24H23ClFN5O4/c1-23(12-24(2,13-23)29-20(32)10-33-14-3-4-16(25)17(26)7-14)22-31-30-21(35-22)11-34-15-8-19-18(28-9-15)5-6-27-19/h3-9,27H,10-13H2,1-2H3,(H,29,32). The summed E-state index contributed by atoms with van der Waals surface area (Å²) < 4.78 is 30.5. The first-order valence-electron chi connectivity index (χ1n) is 11.0. The number of halogens is 2. The van der Waals surface area contributed by atoms with Crippen LogP contribution in [0.2, 0.25) is 5.02 Å². The van der Waals surface area contributed by atoms with Gasteiger partial charge in [0.15, 0.2) is 13.2 Å². The molecule has 0 aliphatic heterocycles. The fourth-order valence-electron chi connectivity index (χ4n) is 4.69. The predicted molar refractivity (Wildman–Crippen MR) is 125 cm³/mol. The van der Waals surface area contributed by atoms with E-state index in [0.29, 0.717) is 30.4 Å². The van der Waals surface area contributed by atoms with Crippen LogP contribution in [0.1, 0.15) is 38.5 Å². The highest BCUT2D eigenvalue weighted by atomic mass is 35.5. The number of ether oxygens (including phenoxy) is 2. The third-order valence-electron chi connectivity index (χ3n) is 5.98. The molecule has 35 heavy (non-hydrogen) atoms. The normalized spacial score (nSPS) is 21.5. The number of amides is 1. The van der Waals surface area contributed by atoms with Crippen LogP contribution in [-0.4, -0.2) is 38.2 Å². The number of aromatic amines is 1. The van der Waals surface area contributed by atoms with E-state index in [2.05, 4.69) is 25.5 Å². The van der Waals surface area contributed by atoms with E-state index in [-0.39, 0.29) is 35.3 Å². The zero-order chi connectivity index (χ0) is 24.6. The average molecular weight is 500 g/mol. The molecule has 1 amide bonds. The lowest BCUT2D eigenvalue weighted by atomic mass is 9.59. The SMILES string of the molecule is CC1(NC(=O)COc2ccc(Cl)c(F)c2)CC(C)(c2nnc(COc3cnc4cc[nH]c4c3)o2)C1. The number of fused-ring (bicyclic) bond motifs is 1. The van der Waals surface area contributed by atoms with E-state index in [4.69, 9.17) is 25.5 Å². The summed E-state index contributed by atoms with van der Waals surface area (Å²) in [5.74, 6) is 0.761. The van der Waals surface area contributed by atoms with E-state index >= 15 is 0 Å². The minimum Gasteiger partial charge on any atom is -0.484 e. The number of H-pyrrole nitrogens is 1. The molecule has 2 N–H and O–H groups in total. The van der Waals surface area contributed by atoms with E-state index in [1.54, 1.807) is 6.20 Å². The largest absolute Gasteiger partial charge is 0.484 e. The van der Waals surface area contributed by atoms with E-state index in [0.717, 1.165) is 17.1 Å². The van der Waals surface area contributed by atoms with Gasteiger partial charge in [0.05, 0.1) is 27.7 Å². The van der Waals surface area contributed by atoms with Gasteiger partial charge in [-0.25, -0.2) is 4.39 Å². The maximum atomic E-state index is 13.5. The van der Waals surface area contributed by atoms with E-state index in [1.807, 2.05) is 32.2 Å². The van der Waals surface area contributed by atoms with Gasteiger partial charge in [-0.05, 0) is 38.0 Å². The van der Waals surface area contributed by atoms with Crippen LogP contribution in [0.4, 0.5) is 4.39 Å². The summed E-state index contributed by atoms with van der Waals surface area (Å²) in [6.45, 7) is 3.83. The summed E-state index contributed by atoms with van der Waals surface area (Å²) in [5.41, 5.74) is 0.902. The lowest BCUT2D eigenvalue weighted by Crippen LogP contribution is -2.61. The predicted octanol–water partition coefficient (Wildman–Crippen LogP) is 4.32. The summed E-state index contributed by atoms with van der Waals surface area (Å²) in [5, 5.41) is 11.3. The molecule has 1 aliphatic rings. The number of hydrogen-bond acceptors (Lipinski definition) is 7. The van der Waals surface area contributed by atoms with Crippen LogP contribution in [0.5, 0.6) is 11.5 Å². The first-order valence-corrected chi connectivity index (χ1v) is 11.4. The second-order valence-corrected chi connectivity index (χ2v) is 9.67. The molecule has 3 heterocycles. The molecule has 1 aliphatic carbocycles. The van der Waals surface area contributed by atoms with Crippen molar-refractivity contribution in [3.05, 3.63) is 65.3 Å². The van der Waals surface area contributed by atoms with Crippen molar-refractivity contribution < 1.29 is 23.1 Å². The third kappa shape index (κ3) is 4.93. The highest BCUT2D eigenvalue weighted by molar-refractivity contribution is 6.30. The Morgan fingerprint density at radius 1 is 1.20 bits per heavy atom. The van der Waals surface area contributed by atoms with Crippen molar-refractivity contribution in [1.82, 2.24) is 25.5 Å². The molecular weight excluding hydrogens is 477 g/mol. The summed E-state index contributed by atoms with van der Waals surface area (Å²) in [4.78, 5) is 19.8. The van der Waals surface area contributed by atoms with Crippen LogP contribution < -0.4 is 14.8 Å². The topological polar surface area (TPSA) is 115 Å². The molecule has 4 aromatic rings. The molecule has 0 bridgehead atoms. The Labute approximate surface area is 205 Å². The molecule has 1 aromatic carbocycles. The minimum absolute atomic E-state index is 0.00565. The monoisotopic (exact) mass is 499 g/mol. The average Bonchev–Trinajstić information content (AvgIpc) is 3.47. The molecule has 5 rings (SSSR count). The molecule has 0 spiro atoms. The number of hydrogen-bond donors (Lipinski definition) is 2. The maximum Gasteiger partial charge on any atom is 0.258 e. The fraction of sp³-hybridized carbons (Fsp3) is 0.333. The highest BCUT2D eigenvalue weighted by Gasteiger charge is 2.53. The van der Waals surface area contributed by atoms with Crippen molar-refractivity contribution in [2.75, 3.05) is 6.61 Å². The van der Waals surface area contributed by atoms with Gasteiger partial charge in [-0.2, -0.15) is 0 Å². The third-order valence-corrected chi connectivity index (χ3v) is 6.29. The Hall–Kier alpha value is -3.66. The Kier molecular flexibility index (Phi) is 5.84. The Bertz CT molecular complexity index is 1380. The Balaban J connectivity index is 1.12. The van der Waals surface area contributed by atoms with Gasteiger partial charge in [-0.3, -0.25) is 9.78 Å². The van der Waals surface area contributed by atoms with Crippen LogP contribution in [0, 0.1) is 5.82 Å². The minimum atomic E-state index is -0.603. The van der Waals surface area contributed by atoms with Crippen LogP contribution in [0.15, 0.2) is 47.1 Å². The Morgan fingerprint density at radius 3 is 2.83 bits per heavy atom. The fourth-order valence-corrected chi connectivity index (χ4v) is 4.81. The van der Waals surface area contributed by atoms with Gasteiger partial charge in [0.2, 0.25) is 5.89 Å². The molecule has 0 saturated heterocycles. The molecule has 182 valence electrons. The van der Waals surface area contributed by atoms with E-state index in [9.17, 15) is 9.18 Å². The second kappa shape index (κ2) is 8.84. The summed E-state index contributed by atoms with van der Waals surface area (Å²) in [6.07, 6.45) is 4.67. The zero-order valence-electron chi connectivity index (χ0n) is 19.1. The molecule has 3 aromatic heterocycles. The molecule has 0 unspecified atom stereocenters. The summed E-state index contributed by atoms with van der Waals surface area (Å²) in [7, 11) is 0. The maximum absolute atomic E-state index is 13.5. The van der Waals surface area contributed by atoms with Crippen molar-refractivity contribution in [3.8, 4) is 11.5 Å². The van der Waals surface area contributed by atoms with Gasteiger partial charge >= 0.3 is 0 Å². The lowest BCUT2D eigenvalue weighted by molar-refractivity contribution is -0.127. The Morgan fingerprint density at radius 2 is 2.03 bits per heavy atom. The number of nitrogens with one attached hydrogen (secondary N) is 2. The number of carbonyl (C=O) groups is 1. The van der Waals surface area contributed by atoms with Gasteiger partial charge in [-0.1, -0.05) is 18.5 Å². The van der Waals surface area contributed by atoms with Crippen LogP contribution in [-0.2, 0) is 16.8 Å². The highest BCUT2D eigenvalue weighted by Crippen LogP contribution is 2.49. The lowest BCUT2D eigenvalue weighted by Gasteiger charge is -2.51. The zero-order valence-corrected chi connectivity index (χ0v) is 19.9. The van der Waals surface area contributed by atoms with Gasteiger partial charge in [-0.15, -0.1) is 10.2 Å². The van der Waals surface area contributed by atoms with Crippen LogP contribution in [0.3, 0.4) is 0 Å². The second-order valence-electron chi connectivity index (χ2n) is 9.26. The summed E-state index contributed by atoms with van der Waals surface area (Å²) in [6, 6.07) is 7.76. The molecule has 1 saturated carbocycles. The quantitative estimate of drug-likeness (QED) is 0.371. The number of rotatable bonds is 8. The molecule has 0 radical (unpaired) electrons.